The first-order valence-electron chi connectivity index (χ1n) is 31.8. The molecule has 31 atom stereocenters. The third-order valence-electron chi connectivity index (χ3n) is 20.9. The Bertz CT molecular complexity index is 2610. The van der Waals surface area contributed by atoms with Crippen LogP contribution in [0.15, 0.2) is 35.3 Å². The minimum atomic E-state index is -2.00. The Labute approximate surface area is 528 Å². The van der Waals surface area contributed by atoms with Crippen LogP contribution in [0.5, 0.6) is 0 Å². The Balaban J connectivity index is 0.995. The molecule has 7 fully saturated rings. The van der Waals surface area contributed by atoms with Crippen molar-refractivity contribution in [1.82, 2.24) is 10.6 Å². The van der Waals surface area contributed by atoms with E-state index in [2.05, 4.69) is 57.4 Å². The average molecular weight is 1300 g/mol. The molecule has 9 rings (SSSR count). The van der Waals surface area contributed by atoms with E-state index in [4.69, 9.17) is 52.1 Å². The smallest absolute Gasteiger partial charge is 0.217 e. The first-order valence-corrected chi connectivity index (χ1v) is 31.8. The van der Waals surface area contributed by atoms with Gasteiger partial charge in [-0.05, 0) is 99.2 Å². The van der Waals surface area contributed by atoms with Crippen LogP contribution in [-0.2, 0) is 66.5 Å². The maximum Gasteiger partial charge on any atom is 0.217 e. The molecule has 15 N–H and O–H groups in total. The minimum Gasteiger partial charge on any atom is -0.466 e. The molecule has 0 aromatic rings. The predicted octanol–water partition coefficient (Wildman–Crippen LogP) is -2.98. The summed E-state index contributed by atoms with van der Waals surface area (Å²) in [4.78, 5) is 38.5. The summed E-state index contributed by atoms with van der Waals surface area (Å²) in [5.74, 6) is 0.959. The molecule has 2 bridgehead atoms. The van der Waals surface area contributed by atoms with E-state index in [1.54, 1.807) is 6.08 Å². The average Bonchev–Trinajstić information content (AvgIpc) is 1.62. The fraction of sp³-hybridized carbons (Fsp3) is 0.855. The van der Waals surface area contributed by atoms with Gasteiger partial charge in [0.05, 0.1) is 39.1 Å². The molecule has 7 aliphatic heterocycles. The van der Waals surface area contributed by atoms with Crippen molar-refractivity contribution in [3.8, 4) is 0 Å². The predicted molar refractivity (Wildman–Crippen MR) is 310 cm³/mol. The van der Waals surface area contributed by atoms with Crippen LogP contribution in [0.3, 0.4) is 0 Å². The number of aliphatic hydroxyl groups excluding tert-OH is 13. The van der Waals surface area contributed by atoms with Gasteiger partial charge in [0, 0.05) is 31.6 Å². The lowest BCUT2D eigenvalue weighted by Crippen LogP contribution is -2.68. The number of ketones is 1. The zero-order valence-corrected chi connectivity index (χ0v) is 53.0. The van der Waals surface area contributed by atoms with Gasteiger partial charge in [-0.25, -0.2) is 0 Å². The van der Waals surface area contributed by atoms with Crippen molar-refractivity contribution < 1.29 is 133 Å². The first-order chi connectivity index (χ1) is 42.9. The summed E-state index contributed by atoms with van der Waals surface area (Å²) in [5.41, 5.74) is -0.393. The van der Waals surface area contributed by atoms with Gasteiger partial charge in [-0.15, -0.1) is 0 Å². The number of allylic oxidation sites excluding steroid dienone is 6. The molecule has 9 aliphatic rings. The second-order valence-corrected chi connectivity index (χ2v) is 27.8. The molecule has 0 aromatic carbocycles. The highest BCUT2D eigenvalue weighted by atomic mass is 16.8. The molecule has 91 heavy (non-hydrogen) atoms. The van der Waals surface area contributed by atoms with Crippen molar-refractivity contribution in [3.63, 3.8) is 0 Å². The highest BCUT2D eigenvalue weighted by Gasteiger charge is 2.61. The van der Waals surface area contributed by atoms with Gasteiger partial charge in [-0.1, -0.05) is 40.2 Å². The summed E-state index contributed by atoms with van der Waals surface area (Å²) < 4.78 is 68.8. The largest absolute Gasteiger partial charge is 0.466 e. The number of hydrogen-bond acceptors (Lipinski definition) is 27. The van der Waals surface area contributed by atoms with Crippen LogP contribution in [0, 0.1) is 39.9 Å². The van der Waals surface area contributed by atoms with Gasteiger partial charge in [0.25, 0.3) is 0 Å². The van der Waals surface area contributed by atoms with Crippen LogP contribution in [0.1, 0.15) is 107 Å². The van der Waals surface area contributed by atoms with E-state index < -0.39 is 209 Å². The van der Waals surface area contributed by atoms with Gasteiger partial charge in [0.2, 0.25) is 11.8 Å². The maximum absolute atomic E-state index is 13.1. The van der Waals surface area contributed by atoms with Crippen LogP contribution in [0.25, 0.3) is 0 Å². The highest BCUT2D eigenvalue weighted by Crippen LogP contribution is 2.64. The summed E-state index contributed by atoms with van der Waals surface area (Å²) in [5, 5.41) is 147. The number of hydrogen-bond donors (Lipinski definition) is 15. The number of amides is 2. The van der Waals surface area contributed by atoms with Gasteiger partial charge in [-0.2, -0.15) is 0 Å². The number of nitrogens with one attached hydrogen (secondary N) is 2. The summed E-state index contributed by atoms with van der Waals surface area (Å²) in [6.07, 6.45) is -28.5. The van der Waals surface area contributed by atoms with Crippen molar-refractivity contribution >= 4 is 17.6 Å². The number of aliphatic hydroxyl groups is 13. The van der Waals surface area contributed by atoms with Gasteiger partial charge in [0.15, 0.2) is 37.2 Å². The van der Waals surface area contributed by atoms with Crippen molar-refractivity contribution in [2.24, 2.45) is 39.9 Å². The summed E-state index contributed by atoms with van der Waals surface area (Å²) in [6, 6.07) is -3.10. The van der Waals surface area contributed by atoms with Crippen LogP contribution < -0.4 is 10.6 Å². The number of carbonyl (C=O) groups excluding carboxylic acids is 3. The topological polar surface area (TPSA) is 440 Å². The van der Waals surface area contributed by atoms with Gasteiger partial charge >= 0.3 is 0 Å². The van der Waals surface area contributed by atoms with Crippen molar-refractivity contribution in [1.29, 1.82) is 0 Å². The zero-order valence-electron chi connectivity index (χ0n) is 53.0. The molecule has 31 unspecified atom stereocenters. The number of fused-ring (bicyclic) bond motifs is 6. The van der Waals surface area contributed by atoms with Crippen LogP contribution >= 0.6 is 0 Å². The van der Waals surface area contributed by atoms with E-state index in [-0.39, 0.29) is 34.9 Å². The molecule has 2 saturated carbocycles. The molecule has 2 aliphatic carbocycles. The van der Waals surface area contributed by atoms with Crippen molar-refractivity contribution in [3.05, 3.63) is 35.3 Å². The van der Waals surface area contributed by atoms with Crippen LogP contribution in [0.2, 0.25) is 0 Å². The summed E-state index contributed by atoms with van der Waals surface area (Å²) in [6.45, 7) is 13.2. The molecule has 2 amide bonds. The van der Waals surface area contributed by atoms with Gasteiger partial charge < -0.3 is 129 Å². The SMILES string of the molecule is CC(=O)NC1C(OC2COC(OC3CCC4(C)C5=CCC6(C)C(CCC6C(C)CC(=O)C=C(C)C)C(=CCC4C3(C)C)O5)C(OC3OC(COC4OC(CO)C(O)C(O)C4OC4OC(CO)C(O)C(O)C4O)C(O)C(O)C3NC(C)=O)C2O)OC(CO)C(O)C1O. The highest BCUT2D eigenvalue weighted by molar-refractivity contribution is 5.90. The molecule has 0 radical (unpaired) electrons. The third-order valence-corrected chi connectivity index (χ3v) is 20.9. The monoisotopic (exact) mass is 1300 g/mol. The Kier molecular flexibility index (Phi) is 23.1. The lowest BCUT2D eigenvalue weighted by Gasteiger charge is -2.55. The molecule has 0 spiro atoms. The van der Waals surface area contributed by atoms with Gasteiger partial charge in [0.1, 0.15) is 127 Å². The number of rotatable bonds is 20. The lowest BCUT2D eigenvalue weighted by molar-refractivity contribution is -0.379. The van der Waals surface area contributed by atoms with E-state index >= 15 is 0 Å². The quantitative estimate of drug-likeness (QED) is 0.0541. The van der Waals surface area contributed by atoms with E-state index in [0.717, 1.165) is 50.2 Å². The number of ether oxygens (including phenoxy) is 11. The Morgan fingerprint density at radius 1 is 0.615 bits per heavy atom. The summed E-state index contributed by atoms with van der Waals surface area (Å²) in [7, 11) is 0. The second kappa shape index (κ2) is 29.2. The second-order valence-electron chi connectivity index (χ2n) is 27.8. The van der Waals surface area contributed by atoms with Gasteiger partial charge in [-0.3, -0.25) is 14.4 Å². The fourth-order valence-corrected chi connectivity index (χ4v) is 15.9. The summed E-state index contributed by atoms with van der Waals surface area (Å²) >= 11 is 0. The maximum atomic E-state index is 13.1. The Morgan fingerprint density at radius 3 is 1.76 bits per heavy atom. The standard InChI is InChI=1S/C62H98N2O27/c1-25(2)18-29(70)19-26(3)30-10-11-31-32-12-13-38-60(6,7)39(14-17-62(38,9)40(83-32)15-16-61(30,31)8)89-59-53(47(75)37(24-82-59)88-55-41(63-27(4)68)48(76)43(71)33(20-65)84-55)90-56-42(64-28(5)69)49(77)46(74)36(87-56)23-81-58-54(51(79)45(73)35(22-67)86-58)91-57-52(80)50(78)44(72)34(21-66)85-57/h12,15,18,26,30-31,33-39,41-59,65-67,71-80H,10-11,13-14,16-17,19-24H2,1-9H3,(H,63,68)(H,64,69). The number of carbonyl (C=O) groups is 3. The molecular weight excluding hydrogens is 1200 g/mol. The molecule has 29 heteroatoms. The lowest BCUT2D eigenvalue weighted by atomic mass is 9.53. The van der Waals surface area contributed by atoms with Crippen LogP contribution in [-0.4, -0.2) is 270 Å². The molecule has 29 nitrogen and oxygen atoms in total. The normalized spacial score (nSPS) is 46.7. The molecule has 5 saturated heterocycles. The van der Waals surface area contributed by atoms with E-state index in [9.17, 15) is 80.8 Å². The minimum absolute atomic E-state index is 0.109. The Morgan fingerprint density at radius 2 is 1.15 bits per heavy atom. The first kappa shape index (κ1) is 72.0. The molecular formula is C62H98N2O27. The van der Waals surface area contributed by atoms with E-state index in [0.29, 0.717) is 25.7 Å². The molecule has 0 aromatic heterocycles. The molecule has 518 valence electrons. The van der Waals surface area contributed by atoms with E-state index in [1.807, 2.05) is 13.8 Å². The fourth-order valence-electron chi connectivity index (χ4n) is 15.9. The van der Waals surface area contributed by atoms with E-state index in [1.165, 1.54) is 0 Å². The van der Waals surface area contributed by atoms with Crippen molar-refractivity contribution in [2.75, 3.05) is 33.0 Å². The van der Waals surface area contributed by atoms with Crippen molar-refractivity contribution in [2.45, 2.75) is 261 Å². The Hall–Kier alpha value is -3.29. The third kappa shape index (κ3) is 14.6. The van der Waals surface area contributed by atoms with Crippen LogP contribution in [0.4, 0.5) is 0 Å². The zero-order chi connectivity index (χ0) is 66.5. The molecule has 7 heterocycles.